The van der Waals surface area contributed by atoms with E-state index in [9.17, 15) is 8.78 Å². The summed E-state index contributed by atoms with van der Waals surface area (Å²) in [5.74, 6) is -2.26. The third kappa shape index (κ3) is 4.02. The first-order chi connectivity index (χ1) is 14.1. The number of pyridine rings is 1. The van der Waals surface area contributed by atoms with Gasteiger partial charge < -0.3 is 14.8 Å². The number of anilines is 2. The topological polar surface area (TPSA) is 93.0 Å². The van der Waals surface area contributed by atoms with Crippen LogP contribution in [0.4, 0.5) is 20.4 Å². The highest BCUT2D eigenvalue weighted by Crippen LogP contribution is 2.34. The molecule has 0 amide bonds. The Morgan fingerprint density at radius 2 is 2.03 bits per heavy atom. The molecule has 0 fully saturated rings. The van der Waals surface area contributed by atoms with E-state index in [1.807, 2.05) is 0 Å². The molecule has 0 spiro atoms. The van der Waals surface area contributed by atoms with E-state index in [0.29, 0.717) is 16.9 Å². The van der Waals surface area contributed by atoms with Gasteiger partial charge in [0.2, 0.25) is 17.6 Å². The summed E-state index contributed by atoms with van der Waals surface area (Å²) < 4.78 is 39.8. The molecular formula is C20H13F2N5O2. The molecule has 0 radical (unpaired) electrons. The molecule has 0 unspecified atom stereocenters. The third-order valence-electron chi connectivity index (χ3n) is 4.03. The molecule has 29 heavy (non-hydrogen) atoms. The van der Waals surface area contributed by atoms with Crippen LogP contribution in [0.3, 0.4) is 0 Å². The summed E-state index contributed by atoms with van der Waals surface area (Å²) in [6, 6.07) is 7.41. The molecule has 144 valence electrons. The summed E-state index contributed by atoms with van der Waals surface area (Å²) >= 11 is 0. The lowest BCUT2D eigenvalue weighted by Crippen LogP contribution is -2.05. The van der Waals surface area contributed by atoms with Crippen molar-refractivity contribution in [1.82, 2.24) is 15.0 Å². The zero-order chi connectivity index (χ0) is 20.2. The summed E-state index contributed by atoms with van der Waals surface area (Å²) in [7, 11) is 0. The molecule has 4 rings (SSSR count). The summed E-state index contributed by atoms with van der Waals surface area (Å²) in [5, 5.41) is 11.5. The number of fused-ring (bicyclic) bond motifs is 1. The third-order valence-corrected chi connectivity index (χ3v) is 4.03. The number of aromatic nitrogens is 3. The molecule has 1 aliphatic heterocycles. The minimum Gasteiger partial charge on any atom is -0.432 e. The average Bonchev–Trinajstić information content (AvgIpc) is 3.18. The molecule has 9 heteroatoms. The largest absolute Gasteiger partial charge is 0.432 e. The quantitative estimate of drug-likeness (QED) is 0.648. The number of nitriles is 1. The van der Waals surface area contributed by atoms with E-state index in [-0.39, 0.29) is 30.6 Å². The van der Waals surface area contributed by atoms with E-state index >= 15 is 0 Å². The molecule has 0 saturated heterocycles. The maximum absolute atomic E-state index is 14.4. The molecule has 1 N–H and O–H groups in total. The van der Waals surface area contributed by atoms with E-state index in [2.05, 4.69) is 20.3 Å². The second-order valence-corrected chi connectivity index (χ2v) is 6.02. The first kappa shape index (κ1) is 18.5. The van der Waals surface area contributed by atoms with Crippen molar-refractivity contribution in [2.75, 3.05) is 5.32 Å². The maximum atomic E-state index is 14.4. The molecule has 0 bridgehead atoms. The van der Waals surface area contributed by atoms with E-state index in [1.54, 1.807) is 30.6 Å². The van der Waals surface area contributed by atoms with Gasteiger partial charge in [0.25, 0.3) is 0 Å². The minimum absolute atomic E-state index is 0.00277. The van der Waals surface area contributed by atoms with Crippen LogP contribution in [-0.2, 0) is 18.0 Å². The number of allylic oxidation sites excluding steroid dienone is 1. The Labute approximate surface area is 164 Å². The Kier molecular flexibility index (Phi) is 5.09. The van der Waals surface area contributed by atoms with Crippen LogP contribution < -0.4 is 10.1 Å². The lowest BCUT2D eigenvalue weighted by molar-refractivity contribution is 0.132. The molecule has 3 heterocycles. The van der Waals surface area contributed by atoms with Crippen molar-refractivity contribution in [2.24, 2.45) is 0 Å². The van der Waals surface area contributed by atoms with Gasteiger partial charge in [-0.2, -0.15) is 10.2 Å². The number of hydrogen-bond acceptors (Lipinski definition) is 7. The molecule has 1 aliphatic rings. The van der Waals surface area contributed by atoms with E-state index in [0.717, 1.165) is 18.2 Å². The fourth-order valence-electron chi connectivity index (χ4n) is 2.73. The van der Waals surface area contributed by atoms with Crippen LogP contribution >= 0.6 is 0 Å². The molecule has 2 aromatic heterocycles. The highest BCUT2D eigenvalue weighted by Gasteiger charge is 2.24. The monoisotopic (exact) mass is 393 g/mol. The van der Waals surface area contributed by atoms with Crippen molar-refractivity contribution in [3.63, 3.8) is 0 Å². The van der Waals surface area contributed by atoms with Crippen LogP contribution in [0.2, 0.25) is 0 Å². The van der Waals surface area contributed by atoms with Gasteiger partial charge in [-0.05, 0) is 35.9 Å². The number of rotatable bonds is 5. The van der Waals surface area contributed by atoms with Gasteiger partial charge in [0.1, 0.15) is 0 Å². The molecular weight excluding hydrogens is 380 g/mol. The predicted octanol–water partition coefficient (Wildman–Crippen LogP) is 4.25. The molecule has 0 saturated carbocycles. The van der Waals surface area contributed by atoms with Crippen LogP contribution in [0, 0.1) is 23.0 Å². The average molecular weight is 393 g/mol. The number of hydrogen-bond donors (Lipinski definition) is 1. The Hall–Kier alpha value is -3.90. The van der Waals surface area contributed by atoms with Crippen LogP contribution in [0.25, 0.3) is 6.08 Å². The van der Waals surface area contributed by atoms with Gasteiger partial charge in [0, 0.05) is 12.3 Å². The van der Waals surface area contributed by atoms with Gasteiger partial charge in [0.05, 0.1) is 42.4 Å². The van der Waals surface area contributed by atoms with Gasteiger partial charge in [0.15, 0.2) is 11.6 Å². The van der Waals surface area contributed by atoms with E-state index in [1.165, 1.54) is 6.08 Å². The minimum atomic E-state index is -0.921. The van der Waals surface area contributed by atoms with Crippen molar-refractivity contribution in [3.8, 4) is 17.7 Å². The zero-order valence-corrected chi connectivity index (χ0v) is 14.9. The van der Waals surface area contributed by atoms with Gasteiger partial charge >= 0.3 is 0 Å². The second-order valence-electron chi connectivity index (χ2n) is 6.02. The van der Waals surface area contributed by atoms with Gasteiger partial charge in [-0.3, -0.25) is 4.98 Å². The summed E-state index contributed by atoms with van der Waals surface area (Å²) in [6.07, 6.45) is 5.63. The Bertz CT molecular complexity index is 1110. The number of nitrogens with one attached hydrogen (secondary N) is 1. The Morgan fingerprint density at radius 1 is 1.21 bits per heavy atom. The normalized spacial score (nSPS) is 12.6. The molecule has 0 aliphatic carbocycles. The Morgan fingerprint density at radius 3 is 2.76 bits per heavy atom. The fraction of sp³-hybridized carbons (Fsp3) is 0.100. The number of nitrogens with zero attached hydrogens (tertiary/aromatic N) is 4. The van der Waals surface area contributed by atoms with Gasteiger partial charge in [-0.1, -0.05) is 0 Å². The molecule has 1 aromatic carbocycles. The SMILES string of the molecule is N#C/C=C/c1cc(F)c(Oc2nc(Nc3cccnc3)nc3c2COC3)c(F)c1. The smallest absolute Gasteiger partial charge is 0.230 e. The van der Waals surface area contributed by atoms with Crippen molar-refractivity contribution in [2.45, 2.75) is 13.2 Å². The summed E-state index contributed by atoms with van der Waals surface area (Å²) in [6.45, 7) is 0.406. The van der Waals surface area contributed by atoms with Crippen LogP contribution in [0.1, 0.15) is 16.8 Å². The van der Waals surface area contributed by atoms with Crippen molar-refractivity contribution >= 4 is 17.7 Å². The van der Waals surface area contributed by atoms with Crippen molar-refractivity contribution in [3.05, 3.63) is 71.2 Å². The number of halogens is 2. The zero-order valence-electron chi connectivity index (χ0n) is 14.9. The summed E-state index contributed by atoms with van der Waals surface area (Å²) in [5.41, 5.74) is 1.93. The summed E-state index contributed by atoms with van der Waals surface area (Å²) in [4.78, 5) is 12.6. The maximum Gasteiger partial charge on any atom is 0.230 e. The Balaban J connectivity index is 1.68. The second kappa shape index (κ2) is 8.00. The fourth-order valence-corrected chi connectivity index (χ4v) is 2.73. The first-order valence-corrected chi connectivity index (χ1v) is 8.51. The number of ether oxygens (including phenoxy) is 2. The molecule has 7 nitrogen and oxygen atoms in total. The standard InChI is InChI=1S/C20H13F2N5O2/c21-15-7-12(3-1-5-23)8-16(22)18(15)29-19-14-10-28-11-17(14)26-20(27-19)25-13-4-2-6-24-9-13/h1-4,6-9H,10-11H2,(H,25,26,27)/b3-1+. The van der Waals surface area contributed by atoms with E-state index in [4.69, 9.17) is 14.7 Å². The van der Waals surface area contributed by atoms with Gasteiger partial charge in [-0.25, -0.2) is 13.8 Å². The van der Waals surface area contributed by atoms with Crippen LogP contribution in [0.15, 0.2) is 42.7 Å². The molecule has 3 aromatic rings. The van der Waals surface area contributed by atoms with Crippen LogP contribution in [-0.4, -0.2) is 15.0 Å². The highest BCUT2D eigenvalue weighted by atomic mass is 19.1. The van der Waals surface area contributed by atoms with Gasteiger partial charge in [-0.15, -0.1) is 0 Å². The lowest BCUT2D eigenvalue weighted by atomic mass is 10.2. The van der Waals surface area contributed by atoms with E-state index < -0.39 is 17.4 Å². The lowest BCUT2D eigenvalue weighted by Gasteiger charge is -2.12. The predicted molar refractivity (Wildman–Crippen MR) is 99.1 cm³/mol. The van der Waals surface area contributed by atoms with Crippen molar-refractivity contribution in [1.29, 1.82) is 5.26 Å². The molecule has 0 atom stereocenters. The van der Waals surface area contributed by atoms with Crippen LogP contribution in [0.5, 0.6) is 11.6 Å². The first-order valence-electron chi connectivity index (χ1n) is 8.51. The number of benzene rings is 1. The highest BCUT2D eigenvalue weighted by molar-refractivity contribution is 5.55. The van der Waals surface area contributed by atoms with Crippen molar-refractivity contribution < 1.29 is 18.3 Å².